The second kappa shape index (κ2) is 6.94. The van der Waals surface area contributed by atoms with Gasteiger partial charge in [0.25, 0.3) is 0 Å². The molecule has 0 unspecified atom stereocenters. The summed E-state index contributed by atoms with van der Waals surface area (Å²) >= 11 is 1.56. The fourth-order valence-electron chi connectivity index (χ4n) is 3.08. The zero-order valence-corrected chi connectivity index (χ0v) is 16.1. The van der Waals surface area contributed by atoms with Gasteiger partial charge in [0.2, 0.25) is 10.0 Å². The Hall–Kier alpha value is -2.03. The summed E-state index contributed by atoms with van der Waals surface area (Å²) in [7, 11) is -3.46. The lowest BCUT2D eigenvalue weighted by molar-refractivity contribution is 0.433. The molecule has 1 aromatic carbocycles. The molecule has 2 aromatic heterocycles. The van der Waals surface area contributed by atoms with Crippen molar-refractivity contribution in [3.05, 3.63) is 48.2 Å². The molecule has 0 spiro atoms. The van der Waals surface area contributed by atoms with Gasteiger partial charge >= 0.3 is 0 Å². The molecule has 26 heavy (non-hydrogen) atoms. The van der Waals surface area contributed by atoms with E-state index in [-0.39, 0.29) is 0 Å². The normalized spacial score (nSPS) is 16.7. The molecule has 3 heterocycles. The number of aryl methyl sites for hydroxylation is 1. The Bertz CT molecular complexity index is 982. The number of pyridine rings is 1. The van der Waals surface area contributed by atoms with Gasteiger partial charge in [0.15, 0.2) is 5.13 Å². The van der Waals surface area contributed by atoms with E-state index in [0.29, 0.717) is 24.5 Å². The second-order valence-electron chi connectivity index (χ2n) is 6.38. The molecule has 0 N–H and O–H groups in total. The van der Waals surface area contributed by atoms with Crippen molar-refractivity contribution < 1.29 is 8.42 Å². The lowest BCUT2D eigenvalue weighted by atomic mass is 10.2. The number of thiazole rings is 1. The summed E-state index contributed by atoms with van der Waals surface area (Å²) < 4.78 is 27.4. The second-order valence-corrected chi connectivity index (χ2v) is 9.28. The van der Waals surface area contributed by atoms with Crippen LogP contribution in [0, 0.1) is 6.92 Å². The number of hydrogen-bond acceptors (Lipinski definition) is 6. The van der Waals surface area contributed by atoms with Crippen LogP contribution in [0.2, 0.25) is 0 Å². The molecule has 1 fully saturated rings. The van der Waals surface area contributed by atoms with Crippen molar-refractivity contribution in [2.24, 2.45) is 0 Å². The third-order valence-corrected chi connectivity index (χ3v) is 7.49. The van der Waals surface area contributed by atoms with Crippen molar-refractivity contribution in [1.29, 1.82) is 0 Å². The molecule has 6 nitrogen and oxygen atoms in total. The summed E-state index contributed by atoms with van der Waals surface area (Å²) in [6.45, 7) is 4.35. The Morgan fingerprint density at radius 1 is 1.04 bits per heavy atom. The minimum Gasteiger partial charge on any atom is -0.347 e. The number of fused-ring (bicyclic) bond motifs is 1. The molecule has 8 heteroatoms. The Labute approximate surface area is 157 Å². The van der Waals surface area contributed by atoms with Gasteiger partial charge in [-0.3, -0.25) is 0 Å². The van der Waals surface area contributed by atoms with E-state index in [1.807, 2.05) is 31.2 Å². The Balaban J connectivity index is 1.53. The highest BCUT2D eigenvalue weighted by molar-refractivity contribution is 7.89. The first-order valence-electron chi connectivity index (χ1n) is 8.57. The first-order chi connectivity index (χ1) is 12.5. The van der Waals surface area contributed by atoms with Crippen LogP contribution in [0.3, 0.4) is 0 Å². The molecule has 1 aliphatic rings. The minimum absolute atomic E-state index is 0.362. The predicted molar refractivity (Wildman–Crippen MR) is 104 cm³/mol. The standard InChI is InChI=1S/C18H20N4O2S2/c1-14-5-7-15(8-6-14)26(23,24)22-11-3-10-21(12-13-22)18-20-16-4-2-9-19-17(16)25-18/h2,4-9H,3,10-13H2,1H3. The van der Waals surface area contributed by atoms with Gasteiger partial charge in [-0.25, -0.2) is 18.4 Å². The number of rotatable bonds is 3. The summed E-state index contributed by atoms with van der Waals surface area (Å²) in [6, 6.07) is 10.9. The highest BCUT2D eigenvalue weighted by Gasteiger charge is 2.27. The first kappa shape index (κ1) is 17.4. The number of aromatic nitrogens is 2. The molecule has 4 rings (SSSR count). The van der Waals surface area contributed by atoms with Crippen LogP contribution in [0.25, 0.3) is 10.3 Å². The van der Waals surface area contributed by atoms with Gasteiger partial charge < -0.3 is 4.90 Å². The van der Waals surface area contributed by atoms with E-state index in [1.54, 1.807) is 34.0 Å². The average molecular weight is 389 g/mol. The SMILES string of the molecule is Cc1ccc(S(=O)(=O)N2CCCN(c3nc4cccnc4s3)CC2)cc1. The quantitative estimate of drug-likeness (QED) is 0.690. The van der Waals surface area contributed by atoms with Gasteiger partial charge in [-0.1, -0.05) is 29.0 Å². The molecule has 0 radical (unpaired) electrons. The largest absolute Gasteiger partial charge is 0.347 e. The van der Waals surface area contributed by atoms with Crippen LogP contribution in [-0.2, 0) is 10.0 Å². The molecule has 136 valence electrons. The van der Waals surface area contributed by atoms with Crippen LogP contribution in [0.15, 0.2) is 47.5 Å². The molecule has 0 saturated carbocycles. The van der Waals surface area contributed by atoms with Gasteiger partial charge in [-0.15, -0.1) is 0 Å². The topological polar surface area (TPSA) is 66.4 Å². The van der Waals surface area contributed by atoms with Crippen LogP contribution in [0.4, 0.5) is 5.13 Å². The van der Waals surface area contributed by atoms with Gasteiger partial charge in [0, 0.05) is 32.4 Å². The zero-order valence-electron chi connectivity index (χ0n) is 14.5. The fourth-order valence-corrected chi connectivity index (χ4v) is 5.51. The van der Waals surface area contributed by atoms with E-state index in [0.717, 1.165) is 34.0 Å². The third kappa shape index (κ3) is 3.32. The van der Waals surface area contributed by atoms with Gasteiger partial charge in [-0.05, 0) is 37.6 Å². The summed E-state index contributed by atoms with van der Waals surface area (Å²) in [5, 5.41) is 0.910. The van der Waals surface area contributed by atoms with Crippen molar-refractivity contribution in [3.63, 3.8) is 0 Å². The smallest absolute Gasteiger partial charge is 0.243 e. The molecular weight excluding hydrogens is 368 g/mol. The molecule has 1 aliphatic heterocycles. The van der Waals surface area contributed by atoms with Crippen molar-refractivity contribution in [2.75, 3.05) is 31.1 Å². The van der Waals surface area contributed by atoms with Crippen molar-refractivity contribution in [2.45, 2.75) is 18.2 Å². The molecule has 0 atom stereocenters. The van der Waals surface area contributed by atoms with E-state index in [9.17, 15) is 8.42 Å². The van der Waals surface area contributed by atoms with Crippen LogP contribution in [0.5, 0.6) is 0 Å². The maximum Gasteiger partial charge on any atom is 0.243 e. The molecule has 0 bridgehead atoms. The molecule has 0 amide bonds. The Kier molecular flexibility index (Phi) is 4.64. The van der Waals surface area contributed by atoms with Gasteiger partial charge in [0.1, 0.15) is 10.3 Å². The number of benzene rings is 1. The number of anilines is 1. The lowest BCUT2D eigenvalue weighted by Crippen LogP contribution is -2.35. The van der Waals surface area contributed by atoms with Crippen LogP contribution in [0.1, 0.15) is 12.0 Å². The first-order valence-corrected chi connectivity index (χ1v) is 10.8. The van der Waals surface area contributed by atoms with Crippen molar-refractivity contribution in [3.8, 4) is 0 Å². The predicted octanol–water partition coefficient (Wildman–Crippen LogP) is 2.90. The summed E-state index contributed by atoms with van der Waals surface area (Å²) in [5.74, 6) is 0. The van der Waals surface area contributed by atoms with E-state index in [1.165, 1.54) is 0 Å². The highest BCUT2D eigenvalue weighted by Crippen LogP contribution is 2.28. The van der Waals surface area contributed by atoms with Crippen molar-refractivity contribution in [1.82, 2.24) is 14.3 Å². The van der Waals surface area contributed by atoms with E-state index >= 15 is 0 Å². The monoisotopic (exact) mass is 388 g/mol. The molecular formula is C18H20N4O2S2. The summed E-state index contributed by atoms with van der Waals surface area (Å²) in [4.78, 5) is 12.4. The van der Waals surface area contributed by atoms with Crippen LogP contribution < -0.4 is 4.90 Å². The van der Waals surface area contributed by atoms with Crippen LogP contribution in [-0.4, -0.2) is 48.9 Å². The maximum absolute atomic E-state index is 12.9. The lowest BCUT2D eigenvalue weighted by Gasteiger charge is -2.21. The number of hydrogen-bond donors (Lipinski definition) is 0. The minimum atomic E-state index is -3.46. The molecule has 1 saturated heterocycles. The Morgan fingerprint density at radius 3 is 2.62 bits per heavy atom. The van der Waals surface area contributed by atoms with Crippen LogP contribution >= 0.6 is 11.3 Å². The third-order valence-electron chi connectivity index (χ3n) is 4.54. The maximum atomic E-state index is 12.9. The number of nitrogens with zero attached hydrogens (tertiary/aromatic N) is 4. The number of sulfonamides is 1. The zero-order chi connectivity index (χ0) is 18.1. The Morgan fingerprint density at radius 2 is 1.85 bits per heavy atom. The highest BCUT2D eigenvalue weighted by atomic mass is 32.2. The molecule has 0 aliphatic carbocycles. The fraction of sp³-hybridized carbons (Fsp3) is 0.333. The van der Waals surface area contributed by atoms with E-state index in [2.05, 4.69) is 14.9 Å². The van der Waals surface area contributed by atoms with Gasteiger partial charge in [-0.2, -0.15) is 4.31 Å². The summed E-state index contributed by atoms with van der Waals surface area (Å²) in [5.41, 5.74) is 1.94. The van der Waals surface area contributed by atoms with Crippen molar-refractivity contribution >= 4 is 36.8 Å². The average Bonchev–Trinajstić information content (AvgIpc) is 2.90. The van der Waals surface area contributed by atoms with E-state index < -0.39 is 10.0 Å². The molecule has 3 aromatic rings. The van der Waals surface area contributed by atoms with Gasteiger partial charge in [0.05, 0.1) is 4.90 Å². The summed E-state index contributed by atoms with van der Waals surface area (Å²) in [6.07, 6.45) is 2.54. The van der Waals surface area contributed by atoms with E-state index in [4.69, 9.17) is 0 Å².